The van der Waals surface area contributed by atoms with Gasteiger partial charge in [0.15, 0.2) is 0 Å². The summed E-state index contributed by atoms with van der Waals surface area (Å²) in [7, 11) is 0. The van der Waals surface area contributed by atoms with Gasteiger partial charge in [-0.15, -0.1) is 23.1 Å². The predicted molar refractivity (Wildman–Crippen MR) is 159 cm³/mol. The quantitative estimate of drug-likeness (QED) is 0.241. The number of rotatable bonds is 10. The van der Waals surface area contributed by atoms with Crippen molar-refractivity contribution in [1.29, 1.82) is 0 Å². The molecule has 2 aromatic rings. The molecule has 3 rings (SSSR count). The minimum Gasteiger partial charge on any atom is -0.462 e. The summed E-state index contributed by atoms with van der Waals surface area (Å²) in [5.74, 6) is -0.795. The van der Waals surface area contributed by atoms with Gasteiger partial charge in [0.2, 0.25) is 11.8 Å². The summed E-state index contributed by atoms with van der Waals surface area (Å²) >= 11 is 2.64. The number of carbonyl (C=O) groups is 4. The van der Waals surface area contributed by atoms with E-state index in [2.05, 4.69) is 10.6 Å². The zero-order valence-electron chi connectivity index (χ0n) is 24.0. The number of anilines is 2. The van der Waals surface area contributed by atoms with Crippen molar-refractivity contribution >= 4 is 57.7 Å². The molecule has 9 nitrogen and oxygen atoms in total. The summed E-state index contributed by atoms with van der Waals surface area (Å²) in [6, 6.07) is 7.39. The van der Waals surface area contributed by atoms with Crippen LogP contribution in [-0.2, 0) is 32.0 Å². The first kappa shape index (κ1) is 31.5. The van der Waals surface area contributed by atoms with Crippen LogP contribution in [0.3, 0.4) is 0 Å². The molecule has 0 saturated heterocycles. The lowest BCUT2D eigenvalue weighted by molar-refractivity contribution is -0.116. The molecule has 2 N–H and O–H groups in total. The van der Waals surface area contributed by atoms with Crippen molar-refractivity contribution in [3.8, 4) is 0 Å². The van der Waals surface area contributed by atoms with Crippen molar-refractivity contribution in [3.63, 3.8) is 0 Å². The van der Waals surface area contributed by atoms with Crippen LogP contribution in [0.25, 0.3) is 0 Å². The fourth-order valence-corrected chi connectivity index (χ4v) is 6.25. The van der Waals surface area contributed by atoms with Crippen molar-refractivity contribution in [3.05, 3.63) is 40.3 Å². The lowest BCUT2D eigenvalue weighted by atomic mass is 10.0. The molecule has 0 saturated carbocycles. The van der Waals surface area contributed by atoms with Gasteiger partial charge in [-0.1, -0.05) is 19.4 Å². The molecule has 0 radical (unpaired) electrons. The third-order valence-corrected chi connectivity index (χ3v) is 8.21. The van der Waals surface area contributed by atoms with E-state index in [1.54, 1.807) is 18.7 Å². The number of thioether (sulfide) groups is 1. The van der Waals surface area contributed by atoms with E-state index in [0.29, 0.717) is 35.6 Å². The fraction of sp³-hybridized carbons (Fsp3) is 0.517. The zero-order chi connectivity index (χ0) is 29.4. The maximum absolute atomic E-state index is 13.2. The average Bonchev–Trinajstić information content (AvgIpc) is 3.23. The smallest absolute Gasteiger partial charge is 0.410 e. The van der Waals surface area contributed by atoms with E-state index in [9.17, 15) is 19.2 Å². The molecule has 0 bridgehead atoms. The molecule has 218 valence electrons. The number of hydrogen-bond acceptors (Lipinski definition) is 8. The second kappa shape index (κ2) is 14.0. The molecule has 1 aliphatic rings. The number of hydrogen-bond donors (Lipinski definition) is 2. The number of amides is 3. The molecule has 1 aromatic carbocycles. The van der Waals surface area contributed by atoms with E-state index in [0.717, 1.165) is 28.2 Å². The number of carbonyl (C=O) groups excluding carboxylic acids is 4. The fourth-order valence-electron chi connectivity index (χ4n) is 4.07. The summed E-state index contributed by atoms with van der Waals surface area (Å²) in [6.45, 7) is 11.9. The Hall–Kier alpha value is -3.05. The number of thiophene rings is 1. The Morgan fingerprint density at radius 2 is 1.90 bits per heavy atom. The van der Waals surface area contributed by atoms with Crippen molar-refractivity contribution in [2.75, 3.05) is 23.8 Å². The highest BCUT2D eigenvalue weighted by molar-refractivity contribution is 8.00. The Balaban J connectivity index is 1.74. The SMILES string of the molecule is CCCCC(=O)Nc1cccc(SC(C)C(=O)Nc2sc3c(c2C(=O)OCC)CCN(C(=O)OC(C)(C)C)C3)c1. The van der Waals surface area contributed by atoms with Crippen LogP contribution in [0.4, 0.5) is 15.5 Å². The number of fused-ring (bicyclic) bond motifs is 1. The van der Waals surface area contributed by atoms with Gasteiger partial charge in [-0.25, -0.2) is 9.59 Å². The van der Waals surface area contributed by atoms with E-state index >= 15 is 0 Å². The molecule has 2 heterocycles. The Morgan fingerprint density at radius 3 is 2.58 bits per heavy atom. The van der Waals surface area contributed by atoms with Crippen LogP contribution in [0, 0.1) is 0 Å². The summed E-state index contributed by atoms with van der Waals surface area (Å²) < 4.78 is 10.8. The van der Waals surface area contributed by atoms with Crippen molar-refractivity contribution in [2.45, 2.75) is 89.5 Å². The maximum atomic E-state index is 13.2. The molecule has 1 unspecified atom stereocenters. The molecule has 1 aliphatic heterocycles. The number of unbranched alkanes of at least 4 members (excludes halogenated alkanes) is 1. The average molecular weight is 590 g/mol. The third-order valence-electron chi connectivity index (χ3n) is 5.98. The highest BCUT2D eigenvalue weighted by Gasteiger charge is 2.33. The molecule has 0 fully saturated rings. The Labute approximate surface area is 244 Å². The minimum absolute atomic E-state index is 0.0341. The van der Waals surface area contributed by atoms with Gasteiger partial charge in [0, 0.05) is 28.4 Å². The molecular weight excluding hydrogens is 550 g/mol. The lowest BCUT2D eigenvalue weighted by Crippen LogP contribution is -2.39. The van der Waals surface area contributed by atoms with Crippen molar-refractivity contribution in [2.24, 2.45) is 0 Å². The van der Waals surface area contributed by atoms with Gasteiger partial charge in [-0.2, -0.15) is 0 Å². The zero-order valence-corrected chi connectivity index (χ0v) is 25.7. The van der Waals surface area contributed by atoms with Crippen LogP contribution in [0.2, 0.25) is 0 Å². The Morgan fingerprint density at radius 1 is 1.15 bits per heavy atom. The van der Waals surface area contributed by atoms with Crippen LogP contribution in [-0.4, -0.2) is 52.8 Å². The van der Waals surface area contributed by atoms with E-state index in [4.69, 9.17) is 9.47 Å². The standard InChI is InChI=1S/C29H39N3O6S2/c1-7-9-13-23(33)30-19-11-10-12-20(16-19)39-18(3)25(34)31-26-24(27(35)37-8-2)21-14-15-32(17-22(21)40-26)28(36)38-29(4,5)6/h10-12,16,18H,7-9,13-15,17H2,1-6H3,(H,30,33)(H,31,34). The largest absolute Gasteiger partial charge is 0.462 e. The van der Waals surface area contributed by atoms with Gasteiger partial charge >= 0.3 is 12.1 Å². The minimum atomic E-state index is -0.615. The molecule has 0 aliphatic carbocycles. The molecule has 11 heteroatoms. The topological polar surface area (TPSA) is 114 Å². The molecule has 1 atom stereocenters. The first-order chi connectivity index (χ1) is 18.9. The number of benzene rings is 1. The normalized spacial score (nSPS) is 13.7. The van der Waals surface area contributed by atoms with Gasteiger partial charge in [0.1, 0.15) is 10.6 Å². The van der Waals surface area contributed by atoms with Crippen molar-refractivity contribution < 1.29 is 28.7 Å². The summed E-state index contributed by atoms with van der Waals surface area (Å²) in [5.41, 5.74) is 1.22. The monoisotopic (exact) mass is 589 g/mol. The number of nitrogens with zero attached hydrogens (tertiary/aromatic N) is 1. The molecule has 0 spiro atoms. The summed E-state index contributed by atoms with van der Waals surface area (Å²) in [6.07, 6.45) is 2.29. The second-order valence-corrected chi connectivity index (χ2v) is 13.0. The van der Waals surface area contributed by atoms with Crippen LogP contribution < -0.4 is 10.6 Å². The highest BCUT2D eigenvalue weighted by atomic mass is 32.2. The summed E-state index contributed by atoms with van der Waals surface area (Å²) in [5, 5.41) is 5.77. The highest BCUT2D eigenvalue weighted by Crippen LogP contribution is 2.38. The number of ether oxygens (including phenoxy) is 2. The predicted octanol–water partition coefficient (Wildman–Crippen LogP) is 6.47. The van der Waals surface area contributed by atoms with Gasteiger partial charge < -0.3 is 25.0 Å². The lowest BCUT2D eigenvalue weighted by Gasteiger charge is -2.30. The molecular formula is C29H39N3O6S2. The number of esters is 1. The summed E-state index contributed by atoms with van der Waals surface area (Å²) in [4.78, 5) is 54.2. The third kappa shape index (κ3) is 8.72. The molecule has 1 aromatic heterocycles. The Kier molecular flexibility index (Phi) is 11.0. The first-order valence-corrected chi connectivity index (χ1v) is 15.3. The van der Waals surface area contributed by atoms with Crippen molar-refractivity contribution in [1.82, 2.24) is 4.90 Å². The van der Waals surface area contributed by atoms with Crippen LogP contribution in [0.15, 0.2) is 29.2 Å². The van der Waals surface area contributed by atoms with Gasteiger partial charge in [0.05, 0.1) is 24.0 Å². The number of nitrogens with one attached hydrogen (secondary N) is 2. The second-order valence-electron chi connectivity index (χ2n) is 10.5. The van der Waals surface area contributed by atoms with Gasteiger partial charge in [0.25, 0.3) is 0 Å². The van der Waals surface area contributed by atoms with Crippen LogP contribution >= 0.6 is 23.1 Å². The van der Waals surface area contributed by atoms with Gasteiger partial charge in [-0.05, 0) is 71.2 Å². The van der Waals surface area contributed by atoms with E-state index in [1.165, 1.54) is 23.1 Å². The first-order valence-electron chi connectivity index (χ1n) is 13.6. The van der Waals surface area contributed by atoms with E-state index in [1.807, 2.05) is 52.0 Å². The molecule has 40 heavy (non-hydrogen) atoms. The Bertz CT molecular complexity index is 1240. The maximum Gasteiger partial charge on any atom is 0.410 e. The van der Waals surface area contributed by atoms with Gasteiger partial charge in [-0.3, -0.25) is 9.59 Å². The van der Waals surface area contributed by atoms with E-state index in [-0.39, 0.29) is 25.0 Å². The van der Waals surface area contributed by atoms with E-state index < -0.39 is 22.9 Å². The molecule has 3 amide bonds. The van der Waals surface area contributed by atoms with Crippen LogP contribution in [0.1, 0.15) is 81.6 Å². The van der Waals surface area contributed by atoms with Crippen LogP contribution in [0.5, 0.6) is 0 Å².